The molecule has 0 saturated carbocycles. The Kier molecular flexibility index (Phi) is 3.03. The molecule has 0 N–H and O–H groups in total. The fraction of sp³-hybridized carbons (Fsp3) is 0.545. The fourth-order valence-electron chi connectivity index (χ4n) is 2.05. The van der Waals surface area contributed by atoms with Crippen LogP contribution in [-0.4, -0.2) is 15.5 Å². The number of carbonyl (C=O) groups is 1. The number of allylic oxidation sites excluding steroid dienone is 2. The van der Waals surface area contributed by atoms with E-state index in [1.807, 2.05) is 0 Å². The van der Waals surface area contributed by atoms with Crippen LogP contribution in [0.1, 0.15) is 38.1 Å². The fourth-order valence-corrected chi connectivity index (χ4v) is 2.05. The Morgan fingerprint density at radius 3 is 3.12 bits per heavy atom. The van der Waals surface area contributed by atoms with Crippen LogP contribution in [0.4, 0.5) is 0 Å². The van der Waals surface area contributed by atoms with Crippen molar-refractivity contribution in [3.63, 3.8) is 0 Å². The minimum atomic E-state index is -0.528. The number of ketones is 1. The Morgan fingerprint density at radius 2 is 2.38 bits per heavy atom. The molecule has 0 aliphatic carbocycles. The molecule has 0 aromatic carbocycles. The second kappa shape index (κ2) is 4.47. The molecule has 0 amide bonds. The normalized spacial score (nSPS) is 20.7. The highest BCUT2D eigenvalue weighted by Gasteiger charge is 2.26. The Bertz CT molecular complexity index is 470. The average molecular weight is 222 g/mol. The Balaban J connectivity index is 2.42. The molecule has 1 aliphatic rings. The van der Waals surface area contributed by atoms with Crippen molar-refractivity contribution in [1.29, 1.82) is 0 Å². The van der Waals surface area contributed by atoms with Gasteiger partial charge in [0.25, 0.3) is 0 Å². The van der Waals surface area contributed by atoms with E-state index in [-0.39, 0.29) is 5.78 Å². The minimum absolute atomic E-state index is 0.0593. The smallest absolute Gasteiger partial charge is 0.296 e. The number of hydrogen-bond acceptors (Lipinski definition) is 4. The zero-order chi connectivity index (χ0) is 11.5. The van der Waals surface area contributed by atoms with E-state index in [0.29, 0.717) is 18.7 Å². The third-order valence-electron chi connectivity index (χ3n) is 2.80. The Morgan fingerprint density at radius 1 is 1.56 bits per heavy atom. The van der Waals surface area contributed by atoms with Crippen LogP contribution in [0.3, 0.4) is 0 Å². The van der Waals surface area contributed by atoms with Gasteiger partial charge >= 0.3 is 5.76 Å². The lowest BCUT2D eigenvalue weighted by Gasteiger charge is -2.11. The molecule has 1 unspecified atom stereocenters. The highest BCUT2D eigenvalue weighted by Crippen LogP contribution is 2.22. The number of aryl methyl sites for hydroxylation is 1. The molecule has 0 bridgehead atoms. The summed E-state index contributed by atoms with van der Waals surface area (Å²) < 4.78 is 6.01. The summed E-state index contributed by atoms with van der Waals surface area (Å²) in [4.78, 5) is 23.3. The average Bonchev–Trinajstić information content (AvgIpc) is 2.52. The maximum atomic E-state index is 11.8. The molecule has 1 aliphatic heterocycles. The van der Waals surface area contributed by atoms with Gasteiger partial charge in [0, 0.05) is 6.42 Å². The molecular weight excluding hydrogens is 208 g/mol. The molecule has 5 heteroatoms. The molecule has 1 aromatic rings. The van der Waals surface area contributed by atoms with Crippen molar-refractivity contribution in [3.05, 3.63) is 28.5 Å². The van der Waals surface area contributed by atoms with E-state index >= 15 is 0 Å². The monoisotopic (exact) mass is 222 g/mol. The zero-order valence-corrected chi connectivity index (χ0v) is 9.18. The summed E-state index contributed by atoms with van der Waals surface area (Å²) in [7, 11) is 0. The van der Waals surface area contributed by atoms with Crippen molar-refractivity contribution >= 4 is 5.78 Å². The van der Waals surface area contributed by atoms with E-state index in [1.165, 1.54) is 10.6 Å². The third-order valence-corrected chi connectivity index (χ3v) is 2.80. The number of nitrogens with zero attached hydrogens (tertiary/aromatic N) is 2. The molecule has 0 spiro atoms. The molecule has 16 heavy (non-hydrogen) atoms. The summed E-state index contributed by atoms with van der Waals surface area (Å²) >= 11 is 0. The molecule has 5 nitrogen and oxygen atoms in total. The standard InChI is InChI=1S/C11H14N2O3/c1-2-5-9(14)8-6-3-4-7-10-12-16-11(15)13(8)10/h2,5,8H,3-4,6-7H2,1H3. The number of hydrogen-bond donors (Lipinski definition) is 0. The molecule has 0 saturated heterocycles. The summed E-state index contributed by atoms with van der Waals surface area (Å²) in [5.41, 5.74) is 0. The SMILES string of the molecule is CC=CC(=O)C1CCCCc2noc(=O)n21. The molecular formula is C11H14N2O3. The molecule has 0 fully saturated rings. The summed E-state index contributed by atoms with van der Waals surface area (Å²) in [5, 5.41) is 3.71. The van der Waals surface area contributed by atoms with E-state index < -0.39 is 11.8 Å². The van der Waals surface area contributed by atoms with Crippen LogP contribution in [0.2, 0.25) is 0 Å². The van der Waals surface area contributed by atoms with Gasteiger partial charge in [0.2, 0.25) is 0 Å². The first-order valence-corrected chi connectivity index (χ1v) is 5.47. The van der Waals surface area contributed by atoms with Crippen molar-refractivity contribution < 1.29 is 9.32 Å². The predicted molar refractivity (Wildman–Crippen MR) is 57.2 cm³/mol. The third kappa shape index (κ3) is 1.85. The van der Waals surface area contributed by atoms with E-state index in [1.54, 1.807) is 13.0 Å². The van der Waals surface area contributed by atoms with E-state index in [0.717, 1.165) is 12.8 Å². The van der Waals surface area contributed by atoms with Gasteiger partial charge in [0.15, 0.2) is 11.6 Å². The molecule has 0 radical (unpaired) electrons. The first-order chi connectivity index (χ1) is 7.74. The van der Waals surface area contributed by atoms with Crippen molar-refractivity contribution in [2.24, 2.45) is 0 Å². The van der Waals surface area contributed by atoms with Crippen LogP contribution in [0, 0.1) is 0 Å². The number of aromatic nitrogens is 2. The minimum Gasteiger partial charge on any atom is -0.296 e. The van der Waals surface area contributed by atoms with Gasteiger partial charge in [0.05, 0.1) is 0 Å². The molecule has 1 atom stereocenters. The van der Waals surface area contributed by atoms with E-state index in [9.17, 15) is 9.59 Å². The largest absolute Gasteiger partial charge is 0.442 e. The van der Waals surface area contributed by atoms with Crippen LogP contribution < -0.4 is 5.76 Å². The van der Waals surface area contributed by atoms with Crippen molar-refractivity contribution in [3.8, 4) is 0 Å². The van der Waals surface area contributed by atoms with Crippen molar-refractivity contribution in [2.45, 2.75) is 38.6 Å². The Labute approximate surface area is 92.7 Å². The quantitative estimate of drug-likeness (QED) is 0.706. The zero-order valence-electron chi connectivity index (χ0n) is 9.18. The van der Waals surface area contributed by atoms with Gasteiger partial charge in [-0.15, -0.1) is 0 Å². The second-order valence-electron chi connectivity index (χ2n) is 3.90. The molecule has 86 valence electrons. The van der Waals surface area contributed by atoms with Gasteiger partial charge in [-0.25, -0.2) is 9.36 Å². The number of rotatable bonds is 2. The molecule has 2 heterocycles. The van der Waals surface area contributed by atoms with Gasteiger partial charge in [-0.3, -0.25) is 9.32 Å². The highest BCUT2D eigenvalue weighted by molar-refractivity contribution is 5.93. The van der Waals surface area contributed by atoms with Gasteiger partial charge in [-0.05, 0) is 25.8 Å². The van der Waals surface area contributed by atoms with Gasteiger partial charge in [-0.2, -0.15) is 0 Å². The first-order valence-electron chi connectivity index (χ1n) is 5.47. The van der Waals surface area contributed by atoms with Gasteiger partial charge in [-0.1, -0.05) is 17.7 Å². The summed E-state index contributed by atoms with van der Waals surface area (Å²) in [6.45, 7) is 1.78. The van der Waals surface area contributed by atoms with E-state index in [4.69, 9.17) is 0 Å². The molecule has 2 rings (SSSR count). The summed E-state index contributed by atoms with van der Waals surface area (Å²) in [5.74, 6) is 0.000978. The molecule has 1 aromatic heterocycles. The number of carbonyl (C=O) groups excluding carboxylic acids is 1. The maximum Gasteiger partial charge on any atom is 0.442 e. The topological polar surface area (TPSA) is 65.1 Å². The maximum absolute atomic E-state index is 11.8. The van der Waals surface area contributed by atoms with Gasteiger partial charge in [0.1, 0.15) is 6.04 Å². The van der Waals surface area contributed by atoms with Crippen molar-refractivity contribution in [2.75, 3.05) is 0 Å². The second-order valence-corrected chi connectivity index (χ2v) is 3.90. The van der Waals surface area contributed by atoms with Crippen molar-refractivity contribution in [1.82, 2.24) is 9.72 Å². The van der Waals surface area contributed by atoms with Crippen LogP contribution >= 0.6 is 0 Å². The lowest BCUT2D eigenvalue weighted by molar-refractivity contribution is -0.117. The first kappa shape index (κ1) is 10.9. The predicted octanol–water partition coefficient (Wildman–Crippen LogP) is 1.25. The number of fused-ring (bicyclic) bond motifs is 1. The summed E-state index contributed by atoms with van der Waals surface area (Å²) in [6.07, 6.45) is 6.43. The van der Waals surface area contributed by atoms with E-state index in [2.05, 4.69) is 9.68 Å². The van der Waals surface area contributed by atoms with Crippen LogP contribution in [0.25, 0.3) is 0 Å². The summed E-state index contributed by atoms with van der Waals surface area (Å²) in [6, 6.07) is -0.438. The van der Waals surface area contributed by atoms with Crippen LogP contribution in [-0.2, 0) is 11.2 Å². The van der Waals surface area contributed by atoms with Crippen LogP contribution in [0.5, 0.6) is 0 Å². The van der Waals surface area contributed by atoms with Crippen LogP contribution in [0.15, 0.2) is 21.5 Å². The highest BCUT2D eigenvalue weighted by atomic mass is 16.5. The lowest BCUT2D eigenvalue weighted by Crippen LogP contribution is -2.26. The van der Waals surface area contributed by atoms with Gasteiger partial charge < -0.3 is 0 Å². The Hall–Kier alpha value is -1.65. The lowest BCUT2D eigenvalue weighted by atomic mass is 10.1.